The molecule has 0 amide bonds. The highest BCUT2D eigenvalue weighted by Gasteiger charge is 2.15. The maximum Gasteiger partial charge on any atom is 0.269 e. The second kappa shape index (κ2) is 11.5. The molecule has 8 heteroatoms. The Morgan fingerprint density at radius 3 is 2.38 bits per heavy atom. The lowest BCUT2D eigenvalue weighted by molar-refractivity contribution is -0.384. The molecule has 0 aliphatic heterocycles. The number of nitro groups is 1. The first kappa shape index (κ1) is 25.6. The highest BCUT2D eigenvalue weighted by molar-refractivity contribution is 5.91. The van der Waals surface area contributed by atoms with Crippen LogP contribution in [-0.2, 0) is 0 Å². The Balaban J connectivity index is 1.73. The molecule has 0 radical (unpaired) electrons. The molecule has 0 aromatic heterocycles. The number of non-ortho nitro benzene ring substituents is 1. The molecule has 0 spiro atoms. The topological polar surface area (TPSA) is 92.4 Å². The average Bonchev–Trinajstić information content (AvgIpc) is 2.91. The van der Waals surface area contributed by atoms with Crippen molar-refractivity contribution in [1.29, 1.82) is 0 Å². The predicted molar refractivity (Wildman–Crippen MR) is 150 cm³/mol. The van der Waals surface area contributed by atoms with Gasteiger partial charge in [0.2, 0.25) is 0 Å². The number of hydrogen-bond acceptors (Lipinski definition) is 7. The number of nitrogens with zero attached hydrogens (tertiary/aromatic N) is 4. The Bertz CT molecular complexity index is 1430. The molecule has 37 heavy (non-hydrogen) atoms. The Morgan fingerprint density at radius 1 is 0.946 bits per heavy atom. The van der Waals surface area contributed by atoms with E-state index in [1.54, 1.807) is 12.1 Å². The maximum absolute atomic E-state index is 10.9. The van der Waals surface area contributed by atoms with Gasteiger partial charge in [-0.3, -0.25) is 10.1 Å². The average molecular weight is 498 g/mol. The third-order valence-corrected chi connectivity index (χ3v) is 6.25. The monoisotopic (exact) mass is 497 g/mol. The number of benzene rings is 4. The van der Waals surface area contributed by atoms with Crippen molar-refractivity contribution in [3.05, 3.63) is 88.5 Å². The molecule has 4 aromatic rings. The van der Waals surface area contributed by atoms with Gasteiger partial charge in [0.1, 0.15) is 11.4 Å². The van der Waals surface area contributed by atoms with Crippen molar-refractivity contribution in [3.8, 4) is 11.5 Å². The highest BCUT2D eigenvalue weighted by atomic mass is 16.6. The van der Waals surface area contributed by atoms with Crippen molar-refractivity contribution in [2.24, 2.45) is 10.2 Å². The summed E-state index contributed by atoms with van der Waals surface area (Å²) in [6.07, 6.45) is 0. The Labute approximate surface area is 216 Å². The van der Waals surface area contributed by atoms with Gasteiger partial charge in [0.05, 0.1) is 10.6 Å². The summed E-state index contributed by atoms with van der Waals surface area (Å²) in [5.74, 6) is 1.33. The smallest absolute Gasteiger partial charge is 0.269 e. The Kier molecular flexibility index (Phi) is 7.98. The first-order valence-corrected chi connectivity index (χ1v) is 12.4. The minimum Gasteiger partial charge on any atom is -0.454 e. The van der Waals surface area contributed by atoms with E-state index in [1.165, 1.54) is 17.8 Å². The summed E-state index contributed by atoms with van der Waals surface area (Å²) >= 11 is 0. The van der Waals surface area contributed by atoms with Crippen LogP contribution in [0.4, 0.5) is 28.4 Å². The molecule has 190 valence electrons. The number of hydrogen-bond donors (Lipinski definition) is 1. The van der Waals surface area contributed by atoms with Crippen molar-refractivity contribution >= 4 is 39.2 Å². The van der Waals surface area contributed by atoms with Gasteiger partial charge in [-0.15, -0.1) is 5.11 Å². The van der Waals surface area contributed by atoms with Crippen LogP contribution in [-0.4, -0.2) is 24.6 Å². The third kappa shape index (κ3) is 5.69. The third-order valence-electron chi connectivity index (χ3n) is 6.25. The molecule has 8 nitrogen and oxygen atoms in total. The lowest BCUT2D eigenvalue weighted by Gasteiger charge is -2.22. The van der Waals surface area contributed by atoms with Crippen LogP contribution in [0.3, 0.4) is 0 Å². The summed E-state index contributed by atoms with van der Waals surface area (Å²) in [5.41, 5.74) is 4.13. The fraction of sp³-hybridized carbons (Fsp3) is 0.241. The second-order valence-corrected chi connectivity index (χ2v) is 8.53. The second-order valence-electron chi connectivity index (χ2n) is 8.53. The molecule has 0 bridgehead atoms. The van der Waals surface area contributed by atoms with Crippen molar-refractivity contribution in [1.82, 2.24) is 0 Å². The first-order chi connectivity index (χ1) is 17.9. The van der Waals surface area contributed by atoms with Crippen molar-refractivity contribution in [2.45, 2.75) is 27.7 Å². The van der Waals surface area contributed by atoms with Crippen LogP contribution >= 0.6 is 0 Å². The normalized spacial score (nSPS) is 11.1. The summed E-state index contributed by atoms with van der Waals surface area (Å²) in [4.78, 5) is 12.8. The van der Waals surface area contributed by atoms with Gasteiger partial charge in [-0.2, -0.15) is 5.11 Å². The van der Waals surface area contributed by atoms with E-state index < -0.39 is 4.92 Å². The van der Waals surface area contributed by atoms with Gasteiger partial charge < -0.3 is 15.0 Å². The largest absolute Gasteiger partial charge is 0.454 e. The highest BCUT2D eigenvalue weighted by Crippen LogP contribution is 2.42. The van der Waals surface area contributed by atoms with E-state index in [0.717, 1.165) is 47.4 Å². The molecule has 4 rings (SSSR count). The zero-order chi connectivity index (χ0) is 26.4. The van der Waals surface area contributed by atoms with Gasteiger partial charge >= 0.3 is 0 Å². The van der Waals surface area contributed by atoms with Crippen LogP contribution < -0.4 is 15.0 Å². The van der Waals surface area contributed by atoms with Crippen LogP contribution in [0.1, 0.15) is 26.3 Å². The molecule has 0 saturated carbocycles. The van der Waals surface area contributed by atoms with E-state index >= 15 is 0 Å². The summed E-state index contributed by atoms with van der Waals surface area (Å²) in [6, 6.07) is 22.2. The lowest BCUT2D eigenvalue weighted by Crippen LogP contribution is -2.21. The molecule has 1 N–H and O–H groups in total. The molecular weight excluding hydrogens is 466 g/mol. The molecule has 4 aromatic carbocycles. The van der Waals surface area contributed by atoms with Crippen LogP contribution in [0.25, 0.3) is 10.8 Å². The number of ether oxygens (including phenoxy) is 1. The van der Waals surface area contributed by atoms with Gasteiger partial charge in [0.25, 0.3) is 5.69 Å². The van der Waals surface area contributed by atoms with Crippen LogP contribution in [0.15, 0.2) is 83.0 Å². The number of fused-ring (bicyclic) bond motifs is 1. The van der Waals surface area contributed by atoms with Crippen molar-refractivity contribution < 1.29 is 9.66 Å². The van der Waals surface area contributed by atoms with E-state index in [0.29, 0.717) is 17.1 Å². The Hall–Kier alpha value is -4.46. The molecule has 0 fully saturated rings. The van der Waals surface area contributed by atoms with Gasteiger partial charge in [0, 0.05) is 54.1 Å². The molecule has 0 unspecified atom stereocenters. The first-order valence-electron chi connectivity index (χ1n) is 12.4. The number of nitro benzene ring substituents is 1. The van der Waals surface area contributed by atoms with Gasteiger partial charge in [-0.05, 0) is 81.6 Å². The number of anilines is 2. The molecule has 0 heterocycles. The van der Waals surface area contributed by atoms with Crippen LogP contribution in [0.5, 0.6) is 11.5 Å². The van der Waals surface area contributed by atoms with E-state index in [2.05, 4.69) is 58.6 Å². The summed E-state index contributed by atoms with van der Waals surface area (Å²) in [7, 11) is 0. The van der Waals surface area contributed by atoms with E-state index in [4.69, 9.17) is 4.74 Å². The molecule has 0 aliphatic carbocycles. The molecule has 0 atom stereocenters. The quantitative estimate of drug-likeness (QED) is 0.135. The lowest BCUT2D eigenvalue weighted by atomic mass is 10.1. The fourth-order valence-corrected chi connectivity index (χ4v) is 4.25. The predicted octanol–water partition coefficient (Wildman–Crippen LogP) is 8.54. The van der Waals surface area contributed by atoms with Gasteiger partial charge in [-0.25, -0.2) is 0 Å². The van der Waals surface area contributed by atoms with Crippen molar-refractivity contribution in [2.75, 3.05) is 29.9 Å². The number of rotatable bonds is 10. The summed E-state index contributed by atoms with van der Waals surface area (Å²) in [5, 5.41) is 25.2. The standard InChI is InChI=1S/C29H31N5O3/c1-5-30-26-17-18-27(32-31-22-11-13-23(14-12-22)34(35)36)29(20(26)4)37-28-10-8-9-21-19-24(15-16-25(21)28)33(6-2)7-3/h8-19,30H,5-7H2,1-4H3. The maximum atomic E-state index is 10.9. The van der Waals surface area contributed by atoms with E-state index in [9.17, 15) is 10.1 Å². The SMILES string of the molecule is CCNc1ccc(N=Nc2ccc([N+](=O)[O-])cc2)c(Oc2cccc3cc(N(CC)CC)ccc23)c1C. The zero-order valence-corrected chi connectivity index (χ0v) is 21.6. The fourth-order valence-electron chi connectivity index (χ4n) is 4.25. The number of azo groups is 1. The summed E-state index contributed by atoms with van der Waals surface area (Å²) < 4.78 is 6.54. The molecule has 0 saturated heterocycles. The van der Waals surface area contributed by atoms with Crippen LogP contribution in [0.2, 0.25) is 0 Å². The van der Waals surface area contributed by atoms with E-state index in [-0.39, 0.29) is 5.69 Å². The van der Waals surface area contributed by atoms with E-state index in [1.807, 2.05) is 38.1 Å². The zero-order valence-electron chi connectivity index (χ0n) is 21.6. The molecular formula is C29H31N5O3. The minimum absolute atomic E-state index is 0.00826. The van der Waals surface area contributed by atoms with Crippen LogP contribution in [0, 0.1) is 17.0 Å². The molecule has 0 aliphatic rings. The summed E-state index contributed by atoms with van der Waals surface area (Å²) in [6.45, 7) is 11.0. The Morgan fingerprint density at radius 2 is 1.70 bits per heavy atom. The van der Waals surface area contributed by atoms with Gasteiger partial charge in [0.15, 0.2) is 5.75 Å². The van der Waals surface area contributed by atoms with Gasteiger partial charge in [-0.1, -0.05) is 12.1 Å². The number of nitrogens with one attached hydrogen (secondary N) is 1. The minimum atomic E-state index is -0.440. The van der Waals surface area contributed by atoms with Crippen molar-refractivity contribution in [3.63, 3.8) is 0 Å².